The molecule has 0 radical (unpaired) electrons. The molecule has 0 spiro atoms. The first-order valence-corrected chi connectivity index (χ1v) is 9.15. The molecule has 0 unspecified atom stereocenters. The number of nitrogens with one attached hydrogen (secondary N) is 2. The molecule has 0 atom stereocenters. The number of rotatable bonds is 7. The number of benzene rings is 1. The van der Waals surface area contributed by atoms with Crippen molar-refractivity contribution >= 4 is 28.1 Å². The molecule has 0 aliphatic rings. The number of pyridine rings is 1. The van der Waals surface area contributed by atoms with Crippen molar-refractivity contribution < 1.29 is 9.47 Å². The molecule has 0 fully saturated rings. The molecule has 0 aliphatic heterocycles. The lowest BCUT2D eigenvalue weighted by Crippen LogP contribution is -2.16. The number of halogens is 1. The monoisotopic (exact) mass is 435 g/mol. The zero-order valence-corrected chi connectivity index (χ0v) is 16.7. The molecule has 2 N–H and O–H groups in total. The Labute approximate surface area is 164 Å². The Kier molecular flexibility index (Phi) is 5.89. The van der Waals surface area contributed by atoms with Gasteiger partial charge in [-0.3, -0.25) is 4.98 Å². The predicted molar refractivity (Wildman–Crippen MR) is 106 cm³/mol. The maximum absolute atomic E-state index is 5.59. The highest BCUT2D eigenvalue weighted by atomic mass is 79.9. The highest BCUT2D eigenvalue weighted by Crippen LogP contribution is 2.33. The minimum Gasteiger partial charge on any atom is -0.493 e. The fourth-order valence-electron chi connectivity index (χ4n) is 2.44. The second kappa shape index (κ2) is 8.33. The Morgan fingerprint density at radius 2 is 2.04 bits per heavy atom. The van der Waals surface area contributed by atoms with E-state index in [1.807, 2.05) is 31.2 Å². The summed E-state index contributed by atoms with van der Waals surface area (Å²) < 4.78 is 14.1. The number of hydrogen-bond acceptors (Lipinski definition) is 6. The quantitative estimate of drug-likeness (QED) is 0.547. The van der Waals surface area contributed by atoms with Gasteiger partial charge < -0.3 is 14.9 Å². The summed E-state index contributed by atoms with van der Waals surface area (Å²) in [4.78, 5) is 4.03. The number of nitrogens with zero attached hydrogens (tertiary/aromatic N) is 3. The van der Waals surface area contributed by atoms with Crippen LogP contribution in [0.25, 0.3) is 11.4 Å². The van der Waals surface area contributed by atoms with Gasteiger partial charge in [-0.1, -0.05) is 15.9 Å². The van der Waals surface area contributed by atoms with Crippen LogP contribution >= 0.6 is 28.1 Å². The van der Waals surface area contributed by atoms with Gasteiger partial charge in [-0.05, 0) is 49.0 Å². The maximum Gasteiger partial charge on any atom is 0.214 e. The predicted octanol–water partition coefficient (Wildman–Crippen LogP) is 3.92. The first-order chi connectivity index (χ1) is 12.6. The summed E-state index contributed by atoms with van der Waals surface area (Å²) in [6.45, 7) is 3.01. The van der Waals surface area contributed by atoms with Gasteiger partial charge in [0.05, 0.1) is 20.3 Å². The largest absolute Gasteiger partial charge is 0.493 e. The van der Waals surface area contributed by atoms with Crippen LogP contribution in [-0.2, 0) is 6.54 Å². The number of hydrogen-bond donors (Lipinski definition) is 2. The fourth-order valence-corrected chi connectivity index (χ4v) is 3.10. The third-order valence-corrected chi connectivity index (χ3v) is 4.68. The van der Waals surface area contributed by atoms with Gasteiger partial charge in [0.15, 0.2) is 17.3 Å². The number of aromatic amines is 1. The lowest BCUT2D eigenvalue weighted by Gasteiger charge is -2.15. The molecule has 3 aromatic rings. The van der Waals surface area contributed by atoms with Crippen molar-refractivity contribution in [3.05, 3.63) is 51.5 Å². The average Bonchev–Trinajstić information content (AvgIpc) is 3.02. The van der Waals surface area contributed by atoms with Gasteiger partial charge in [0.2, 0.25) is 4.77 Å². The van der Waals surface area contributed by atoms with E-state index in [-0.39, 0.29) is 0 Å². The van der Waals surface area contributed by atoms with E-state index in [4.69, 9.17) is 21.7 Å². The molecule has 2 aromatic heterocycles. The summed E-state index contributed by atoms with van der Waals surface area (Å²) in [6, 6.07) is 7.58. The number of H-pyrrole nitrogens is 1. The van der Waals surface area contributed by atoms with Crippen LogP contribution in [0.5, 0.6) is 11.5 Å². The SMILES string of the molecule is CCOc1cc(Br)c(CNn2c(-c3ccncc3)n[nH]c2=S)cc1OC. The van der Waals surface area contributed by atoms with E-state index in [0.717, 1.165) is 15.6 Å². The Hall–Kier alpha value is -2.39. The van der Waals surface area contributed by atoms with Gasteiger partial charge in [0.25, 0.3) is 0 Å². The van der Waals surface area contributed by atoms with E-state index >= 15 is 0 Å². The molecular formula is C17H18BrN5O2S. The third kappa shape index (κ3) is 3.88. The molecular weight excluding hydrogens is 418 g/mol. The zero-order valence-electron chi connectivity index (χ0n) is 14.3. The number of ether oxygens (including phenoxy) is 2. The molecule has 2 heterocycles. The first kappa shape index (κ1) is 18.4. The second-order valence-electron chi connectivity index (χ2n) is 5.29. The van der Waals surface area contributed by atoms with Crippen molar-refractivity contribution in [3.8, 4) is 22.9 Å². The molecule has 7 nitrogen and oxygen atoms in total. The van der Waals surface area contributed by atoms with Crippen molar-refractivity contribution in [1.29, 1.82) is 0 Å². The van der Waals surface area contributed by atoms with Crippen LogP contribution in [0.15, 0.2) is 41.1 Å². The summed E-state index contributed by atoms with van der Waals surface area (Å²) >= 11 is 8.92. The van der Waals surface area contributed by atoms with Crippen molar-refractivity contribution in [3.63, 3.8) is 0 Å². The van der Waals surface area contributed by atoms with E-state index in [1.165, 1.54) is 0 Å². The van der Waals surface area contributed by atoms with E-state index in [2.05, 4.69) is 36.5 Å². The smallest absolute Gasteiger partial charge is 0.214 e. The van der Waals surface area contributed by atoms with Gasteiger partial charge in [0, 0.05) is 22.4 Å². The summed E-state index contributed by atoms with van der Waals surface area (Å²) in [7, 11) is 1.62. The molecule has 0 aliphatic carbocycles. The Morgan fingerprint density at radius 3 is 2.73 bits per heavy atom. The van der Waals surface area contributed by atoms with Crippen molar-refractivity contribution in [2.45, 2.75) is 13.5 Å². The molecule has 3 rings (SSSR count). The van der Waals surface area contributed by atoms with Gasteiger partial charge in [-0.2, -0.15) is 5.10 Å². The van der Waals surface area contributed by atoms with Crippen LogP contribution < -0.4 is 14.9 Å². The van der Waals surface area contributed by atoms with E-state index in [9.17, 15) is 0 Å². The number of aromatic nitrogens is 4. The highest BCUT2D eigenvalue weighted by Gasteiger charge is 2.12. The van der Waals surface area contributed by atoms with Crippen molar-refractivity contribution in [2.75, 3.05) is 19.1 Å². The summed E-state index contributed by atoms with van der Waals surface area (Å²) in [6.07, 6.45) is 3.43. The van der Waals surface area contributed by atoms with Gasteiger partial charge in [0.1, 0.15) is 0 Å². The first-order valence-electron chi connectivity index (χ1n) is 7.95. The Morgan fingerprint density at radius 1 is 1.27 bits per heavy atom. The van der Waals surface area contributed by atoms with Gasteiger partial charge in [-0.25, -0.2) is 9.77 Å². The lowest BCUT2D eigenvalue weighted by atomic mass is 10.2. The molecule has 26 heavy (non-hydrogen) atoms. The second-order valence-corrected chi connectivity index (χ2v) is 6.53. The van der Waals surface area contributed by atoms with E-state index in [1.54, 1.807) is 24.2 Å². The van der Waals surface area contributed by atoms with Crippen LogP contribution in [0.1, 0.15) is 12.5 Å². The van der Waals surface area contributed by atoms with Crippen molar-refractivity contribution in [2.24, 2.45) is 0 Å². The average molecular weight is 436 g/mol. The third-order valence-electron chi connectivity index (χ3n) is 3.67. The van der Waals surface area contributed by atoms with Gasteiger partial charge >= 0.3 is 0 Å². The highest BCUT2D eigenvalue weighted by molar-refractivity contribution is 9.10. The minimum atomic E-state index is 0.478. The topological polar surface area (TPSA) is 77.0 Å². The summed E-state index contributed by atoms with van der Waals surface area (Å²) in [5.41, 5.74) is 5.19. The van der Waals surface area contributed by atoms with Crippen LogP contribution in [0, 0.1) is 4.77 Å². The molecule has 0 saturated heterocycles. The van der Waals surface area contributed by atoms with Crippen LogP contribution in [0.2, 0.25) is 0 Å². The molecule has 0 bridgehead atoms. The molecule has 136 valence electrons. The van der Waals surface area contributed by atoms with Crippen molar-refractivity contribution in [1.82, 2.24) is 19.9 Å². The minimum absolute atomic E-state index is 0.478. The normalized spacial score (nSPS) is 10.6. The number of methoxy groups -OCH3 is 1. The molecule has 0 saturated carbocycles. The Balaban J connectivity index is 1.86. The summed E-state index contributed by atoms with van der Waals surface area (Å²) in [5.74, 6) is 2.06. The van der Waals surface area contributed by atoms with E-state index in [0.29, 0.717) is 35.2 Å². The summed E-state index contributed by atoms with van der Waals surface area (Å²) in [5, 5.41) is 7.10. The maximum atomic E-state index is 5.59. The molecule has 9 heteroatoms. The van der Waals surface area contributed by atoms with Crippen LogP contribution in [-0.4, -0.2) is 33.6 Å². The van der Waals surface area contributed by atoms with Gasteiger partial charge in [-0.15, -0.1) is 0 Å². The van der Waals surface area contributed by atoms with Crippen LogP contribution in [0.4, 0.5) is 0 Å². The fraction of sp³-hybridized carbons (Fsp3) is 0.235. The standard InChI is InChI=1S/C17H18BrN5O2S/c1-3-25-15-9-13(18)12(8-14(15)24-2)10-20-23-16(21-22-17(23)26)11-4-6-19-7-5-11/h4-9,20H,3,10H2,1-2H3,(H,22,26). The molecule has 0 amide bonds. The zero-order chi connectivity index (χ0) is 18.5. The Bertz CT molecular complexity index is 942. The van der Waals surface area contributed by atoms with Crippen LogP contribution in [0.3, 0.4) is 0 Å². The molecule has 1 aromatic carbocycles. The van der Waals surface area contributed by atoms with E-state index < -0.39 is 0 Å². The lowest BCUT2D eigenvalue weighted by molar-refractivity contribution is 0.310.